The summed E-state index contributed by atoms with van der Waals surface area (Å²) in [5.41, 5.74) is 6.65. The maximum atomic E-state index is 13.2. The topological polar surface area (TPSA) is 26.0 Å². The third-order valence-corrected chi connectivity index (χ3v) is 4.74. The van der Waals surface area contributed by atoms with Crippen molar-refractivity contribution in [2.24, 2.45) is 5.73 Å². The van der Waals surface area contributed by atoms with Gasteiger partial charge in [0.15, 0.2) is 0 Å². The molecule has 2 rings (SSSR count). The second-order valence-corrected chi connectivity index (χ2v) is 6.01. The van der Waals surface area contributed by atoms with Gasteiger partial charge in [0.1, 0.15) is 5.82 Å². The summed E-state index contributed by atoms with van der Waals surface area (Å²) in [4.78, 5) is 1.23. The van der Waals surface area contributed by atoms with Crippen molar-refractivity contribution in [2.75, 3.05) is 6.54 Å². The van der Waals surface area contributed by atoms with Crippen LogP contribution in [-0.2, 0) is 6.42 Å². The smallest absolute Gasteiger partial charge is 0.123 e. The van der Waals surface area contributed by atoms with Gasteiger partial charge in [0.05, 0.1) is 0 Å². The van der Waals surface area contributed by atoms with E-state index in [9.17, 15) is 4.39 Å². The van der Waals surface area contributed by atoms with Gasteiger partial charge in [-0.05, 0) is 49.6 Å². The number of hydrogen-bond donors (Lipinski definition) is 1. The summed E-state index contributed by atoms with van der Waals surface area (Å²) < 4.78 is 13.2. The standard InChI is InChI=1S/C14H20FNS/c15-12-6-7-14(11(10-12)8-9-16)17-13-4-2-1-3-5-13/h6-7,10,13H,1-5,8-9,16H2. The lowest BCUT2D eigenvalue weighted by Gasteiger charge is -2.22. The number of rotatable bonds is 4. The summed E-state index contributed by atoms with van der Waals surface area (Å²) in [6.45, 7) is 0.585. The Morgan fingerprint density at radius 3 is 2.71 bits per heavy atom. The van der Waals surface area contributed by atoms with Crippen molar-refractivity contribution in [2.45, 2.75) is 48.7 Å². The summed E-state index contributed by atoms with van der Waals surface area (Å²) >= 11 is 1.92. The maximum absolute atomic E-state index is 13.2. The van der Waals surface area contributed by atoms with E-state index < -0.39 is 0 Å². The molecule has 1 nitrogen and oxygen atoms in total. The molecule has 0 aliphatic heterocycles. The van der Waals surface area contributed by atoms with E-state index in [0.29, 0.717) is 11.8 Å². The van der Waals surface area contributed by atoms with Crippen LogP contribution in [0.3, 0.4) is 0 Å². The van der Waals surface area contributed by atoms with Gasteiger partial charge >= 0.3 is 0 Å². The summed E-state index contributed by atoms with van der Waals surface area (Å²) in [7, 11) is 0. The number of hydrogen-bond acceptors (Lipinski definition) is 2. The molecule has 0 unspecified atom stereocenters. The van der Waals surface area contributed by atoms with Crippen molar-refractivity contribution in [3.63, 3.8) is 0 Å². The first-order chi connectivity index (χ1) is 8.29. The zero-order valence-corrected chi connectivity index (χ0v) is 10.9. The number of thioether (sulfide) groups is 1. The molecule has 0 amide bonds. The van der Waals surface area contributed by atoms with Crippen LogP contribution in [0, 0.1) is 5.82 Å². The van der Waals surface area contributed by atoms with Gasteiger partial charge in [0, 0.05) is 10.1 Å². The Labute approximate surface area is 107 Å². The highest BCUT2D eigenvalue weighted by molar-refractivity contribution is 8.00. The first-order valence-electron chi connectivity index (χ1n) is 6.45. The number of nitrogens with two attached hydrogens (primary N) is 1. The SMILES string of the molecule is NCCc1cc(F)ccc1SC1CCCCC1. The molecule has 0 bridgehead atoms. The average molecular weight is 253 g/mol. The van der Waals surface area contributed by atoms with Crippen molar-refractivity contribution in [1.29, 1.82) is 0 Å². The van der Waals surface area contributed by atoms with Crippen molar-refractivity contribution >= 4 is 11.8 Å². The first-order valence-corrected chi connectivity index (χ1v) is 7.32. The molecule has 0 spiro atoms. The van der Waals surface area contributed by atoms with E-state index in [2.05, 4.69) is 0 Å². The molecule has 17 heavy (non-hydrogen) atoms. The van der Waals surface area contributed by atoms with Gasteiger partial charge in [-0.25, -0.2) is 4.39 Å². The van der Waals surface area contributed by atoms with Crippen molar-refractivity contribution < 1.29 is 4.39 Å². The Kier molecular flexibility index (Phi) is 4.86. The molecule has 1 fully saturated rings. The fourth-order valence-electron chi connectivity index (χ4n) is 2.38. The highest BCUT2D eigenvalue weighted by Gasteiger charge is 2.16. The van der Waals surface area contributed by atoms with Crippen LogP contribution < -0.4 is 5.73 Å². The van der Waals surface area contributed by atoms with Crippen molar-refractivity contribution in [3.05, 3.63) is 29.6 Å². The van der Waals surface area contributed by atoms with Gasteiger partial charge in [-0.15, -0.1) is 11.8 Å². The fraction of sp³-hybridized carbons (Fsp3) is 0.571. The van der Waals surface area contributed by atoms with Crippen LogP contribution in [-0.4, -0.2) is 11.8 Å². The largest absolute Gasteiger partial charge is 0.330 e. The Balaban J connectivity index is 2.07. The Bertz CT molecular complexity index is 361. The number of benzene rings is 1. The van der Waals surface area contributed by atoms with Gasteiger partial charge in [-0.3, -0.25) is 0 Å². The molecular formula is C14H20FNS. The van der Waals surface area contributed by atoms with E-state index in [1.807, 2.05) is 17.8 Å². The highest BCUT2D eigenvalue weighted by atomic mass is 32.2. The number of halogens is 1. The molecule has 0 radical (unpaired) electrons. The van der Waals surface area contributed by atoms with Crippen LogP contribution in [0.5, 0.6) is 0 Å². The van der Waals surface area contributed by atoms with E-state index in [-0.39, 0.29) is 5.82 Å². The molecule has 94 valence electrons. The third-order valence-electron chi connectivity index (χ3n) is 3.28. The molecule has 3 heteroatoms. The molecule has 0 atom stereocenters. The minimum atomic E-state index is -0.151. The lowest BCUT2D eigenvalue weighted by molar-refractivity contribution is 0.516. The molecule has 1 saturated carbocycles. The van der Waals surface area contributed by atoms with E-state index in [4.69, 9.17) is 5.73 Å². The second kappa shape index (κ2) is 6.41. The van der Waals surface area contributed by atoms with Crippen LogP contribution in [0.4, 0.5) is 4.39 Å². The summed E-state index contributed by atoms with van der Waals surface area (Å²) in [5.74, 6) is -0.151. The molecule has 1 aromatic carbocycles. The Hall–Kier alpha value is -0.540. The summed E-state index contributed by atoms with van der Waals surface area (Å²) in [6, 6.07) is 5.11. The monoisotopic (exact) mass is 253 g/mol. The molecule has 1 aliphatic carbocycles. The lowest BCUT2D eigenvalue weighted by atomic mass is 10.0. The molecule has 0 heterocycles. The second-order valence-electron chi connectivity index (χ2n) is 4.67. The van der Waals surface area contributed by atoms with E-state index >= 15 is 0 Å². The highest BCUT2D eigenvalue weighted by Crippen LogP contribution is 2.35. The quantitative estimate of drug-likeness (QED) is 0.884. The van der Waals surface area contributed by atoms with E-state index in [1.54, 1.807) is 12.1 Å². The predicted molar refractivity (Wildman–Crippen MR) is 71.9 cm³/mol. The van der Waals surface area contributed by atoms with Crippen LogP contribution in [0.1, 0.15) is 37.7 Å². The molecule has 1 aliphatic rings. The molecule has 0 saturated heterocycles. The molecule has 1 aromatic rings. The zero-order chi connectivity index (χ0) is 12.1. The van der Waals surface area contributed by atoms with Gasteiger partial charge in [-0.1, -0.05) is 19.3 Å². The minimum absolute atomic E-state index is 0.151. The molecule has 0 aromatic heterocycles. The van der Waals surface area contributed by atoms with Crippen LogP contribution >= 0.6 is 11.8 Å². The van der Waals surface area contributed by atoms with Crippen molar-refractivity contribution in [3.8, 4) is 0 Å². The summed E-state index contributed by atoms with van der Waals surface area (Å²) in [6.07, 6.45) is 7.41. The van der Waals surface area contributed by atoms with Gasteiger partial charge < -0.3 is 5.73 Å². The van der Waals surface area contributed by atoms with Crippen LogP contribution in [0.15, 0.2) is 23.1 Å². The summed E-state index contributed by atoms with van der Waals surface area (Å²) in [5, 5.41) is 0.714. The van der Waals surface area contributed by atoms with Gasteiger partial charge in [-0.2, -0.15) is 0 Å². The first kappa shape index (κ1) is 12.9. The minimum Gasteiger partial charge on any atom is -0.330 e. The zero-order valence-electron chi connectivity index (χ0n) is 10.1. The van der Waals surface area contributed by atoms with Gasteiger partial charge in [0.2, 0.25) is 0 Å². The maximum Gasteiger partial charge on any atom is 0.123 e. The van der Waals surface area contributed by atoms with Crippen LogP contribution in [0.25, 0.3) is 0 Å². The van der Waals surface area contributed by atoms with E-state index in [0.717, 1.165) is 12.0 Å². The Morgan fingerprint density at radius 1 is 1.24 bits per heavy atom. The Morgan fingerprint density at radius 2 is 2.00 bits per heavy atom. The molecular weight excluding hydrogens is 233 g/mol. The molecule has 2 N–H and O–H groups in total. The van der Waals surface area contributed by atoms with Crippen LogP contribution in [0.2, 0.25) is 0 Å². The van der Waals surface area contributed by atoms with Crippen molar-refractivity contribution in [1.82, 2.24) is 0 Å². The lowest BCUT2D eigenvalue weighted by Crippen LogP contribution is -2.09. The fourth-order valence-corrected chi connectivity index (χ4v) is 3.76. The van der Waals surface area contributed by atoms with E-state index in [1.165, 1.54) is 37.0 Å². The normalized spacial score (nSPS) is 17.3. The predicted octanol–water partition coefficient (Wildman–Crippen LogP) is 3.75. The van der Waals surface area contributed by atoms with Gasteiger partial charge in [0.25, 0.3) is 0 Å². The average Bonchev–Trinajstić information content (AvgIpc) is 2.34. The third kappa shape index (κ3) is 3.71.